The molecule has 14 heavy (non-hydrogen) atoms. The highest BCUT2D eigenvalue weighted by Crippen LogP contribution is 2.16. The Morgan fingerprint density at radius 1 is 1.36 bits per heavy atom. The minimum absolute atomic E-state index is 1.01. The van der Waals surface area contributed by atoms with Crippen LogP contribution in [-0.4, -0.2) is 18.4 Å². The Hall–Kier alpha value is -1.90. The van der Waals surface area contributed by atoms with Crippen molar-refractivity contribution in [3.63, 3.8) is 0 Å². The lowest BCUT2D eigenvalue weighted by Gasteiger charge is -2.01. The molecule has 0 bridgehead atoms. The zero-order chi connectivity index (χ0) is 9.80. The van der Waals surface area contributed by atoms with Crippen LogP contribution in [0.25, 0.3) is 10.9 Å². The lowest BCUT2D eigenvalue weighted by atomic mass is 10.2. The number of nitrogens with one attached hydrogen (secondary N) is 1. The molecule has 0 atom stereocenters. The van der Waals surface area contributed by atoms with Gasteiger partial charge in [0.15, 0.2) is 0 Å². The van der Waals surface area contributed by atoms with Gasteiger partial charge >= 0.3 is 0 Å². The number of hydrogen-bond donors (Lipinski definition) is 1. The molecule has 1 aromatic carbocycles. The Kier molecular flexibility index (Phi) is 2.40. The van der Waals surface area contributed by atoms with Gasteiger partial charge in [-0.3, -0.25) is 9.98 Å². The van der Waals surface area contributed by atoms with Crippen LogP contribution in [0.3, 0.4) is 0 Å². The van der Waals surface area contributed by atoms with Gasteiger partial charge in [-0.2, -0.15) is 0 Å². The molecule has 0 radical (unpaired) electrons. The molecule has 0 amide bonds. The van der Waals surface area contributed by atoms with Gasteiger partial charge in [0.1, 0.15) is 0 Å². The summed E-state index contributed by atoms with van der Waals surface area (Å²) in [5.74, 6) is 0. The summed E-state index contributed by atoms with van der Waals surface area (Å²) < 4.78 is 0. The molecular weight excluding hydrogens is 174 g/mol. The van der Waals surface area contributed by atoms with Crippen molar-refractivity contribution in [1.29, 1.82) is 0 Å². The second-order valence-electron chi connectivity index (χ2n) is 2.94. The van der Waals surface area contributed by atoms with Crippen molar-refractivity contribution in [1.82, 2.24) is 4.98 Å². The van der Waals surface area contributed by atoms with Crippen LogP contribution >= 0.6 is 0 Å². The second kappa shape index (κ2) is 3.87. The van der Waals surface area contributed by atoms with Crippen LogP contribution in [0.1, 0.15) is 0 Å². The summed E-state index contributed by atoms with van der Waals surface area (Å²) in [5, 5.41) is 4.19. The van der Waals surface area contributed by atoms with Crippen molar-refractivity contribution in [3.8, 4) is 0 Å². The first-order valence-corrected chi connectivity index (χ1v) is 4.42. The van der Waals surface area contributed by atoms with Crippen LogP contribution < -0.4 is 5.32 Å². The number of anilines is 1. The normalized spacial score (nSPS) is 10.9. The van der Waals surface area contributed by atoms with E-state index in [-0.39, 0.29) is 0 Å². The van der Waals surface area contributed by atoms with Crippen molar-refractivity contribution in [2.24, 2.45) is 4.99 Å². The fourth-order valence-corrected chi connectivity index (χ4v) is 1.30. The molecule has 2 rings (SSSR count). The third-order valence-electron chi connectivity index (χ3n) is 1.96. The first-order valence-electron chi connectivity index (χ1n) is 4.42. The number of nitrogens with zero attached hydrogens (tertiary/aromatic N) is 2. The van der Waals surface area contributed by atoms with E-state index < -0.39 is 0 Å². The van der Waals surface area contributed by atoms with Gasteiger partial charge in [0.05, 0.1) is 11.9 Å². The Labute approximate surface area is 82.5 Å². The maximum Gasteiger partial charge on any atom is 0.0864 e. The summed E-state index contributed by atoms with van der Waals surface area (Å²) in [5.41, 5.74) is 2.03. The summed E-state index contributed by atoms with van der Waals surface area (Å²) in [6.07, 6.45) is 3.46. The van der Waals surface area contributed by atoms with E-state index in [1.54, 1.807) is 19.6 Å². The van der Waals surface area contributed by atoms with Gasteiger partial charge in [-0.1, -0.05) is 6.07 Å². The maximum absolute atomic E-state index is 4.24. The molecule has 0 aliphatic heterocycles. The van der Waals surface area contributed by atoms with Crippen molar-refractivity contribution in [2.75, 3.05) is 12.4 Å². The van der Waals surface area contributed by atoms with E-state index in [1.807, 2.05) is 30.3 Å². The van der Waals surface area contributed by atoms with Crippen molar-refractivity contribution in [2.45, 2.75) is 0 Å². The molecule has 3 nitrogen and oxygen atoms in total. The molecule has 1 N–H and O–H groups in total. The third kappa shape index (κ3) is 1.71. The Morgan fingerprint density at radius 3 is 3.14 bits per heavy atom. The fourth-order valence-electron chi connectivity index (χ4n) is 1.30. The third-order valence-corrected chi connectivity index (χ3v) is 1.96. The Balaban J connectivity index is 2.41. The molecule has 0 aliphatic rings. The van der Waals surface area contributed by atoms with Gasteiger partial charge in [-0.25, -0.2) is 0 Å². The molecule has 0 spiro atoms. The second-order valence-corrected chi connectivity index (χ2v) is 2.94. The van der Waals surface area contributed by atoms with Gasteiger partial charge in [0, 0.05) is 24.3 Å². The van der Waals surface area contributed by atoms with Crippen LogP contribution in [-0.2, 0) is 0 Å². The lowest BCUT2D eigenvalue weighted by Crippen LogP contribution is -1.93. The Bertz CT molecular complexity index is 463. The number of pyridine rings is 1. The average molecular weight is 185 g/mol. The molecule has 1 aromatic heterocycles. The standard InChI is InChI=1S/C11H11N3/c1-12-8-14-10-4-5-11-9(7-10)3-2-6-13-11/h2-8H,1H3,(H,12,14). The first kappa shape index (κ1) is 8.69. The average Bonchev–Trinajstić information content (AvgIpc) is 2.26. The molecule has 2 aromatic rings. The Morgan fingerprint density at radius 2 is 2.29 bits per heavy atom. The number of rotatable bonds is 2. The van der Waals surface area contributed by atoms with Crippen LogP contribution in [0.4, 0.5) is 5.69 Å². The van der Waals surface area contributed by atoms with Crippen LogP contribution in [0.15, 0.2) is 41.5 Å². The van der Waals surface area contributed by atoms with Gasteiger partial charge in [-0.05, 0) is 24.3 Å². The highest BCUT2D eigenvalue weighted by Gasteiger charge is 1.94. The quantitative estimate of drug-likeness (QED) is 0.575. The number of hydrogen-bond acceptors (Lipinski definition) is 2. The van der Waals surface area contributed by atoms with Crippen molar-refractivity contribution >= 4 is 22.9 Å². The first-order chi connectivity index (χ1) is 6.90. The summed E-state index contributed by atoms with van der Waals surface area (Å²) in [6, 6.07) is 9.98. The molecule has 0 aliphatic carbocycles. The summed E-state index contributed by atoms with van der Waals surface area (Å²) >= 11 is 0. The van der Waals surface area contributed by atoms with Crippen molar-refractivity contribution in [3.05, 3.63) is 36.5 Å². The lowest BCUT2D eigenvalue weighted by molar-refractivity contribution is 1.41. The van der Waals surface area contributed by atoms with Crippen LogP contribution in [0.5, 0.6) is 0 Å². The molecular formula is C11H11N3. The number of benzene rings is 1. The van der Waals surface area contributed by atoms with Gasteiger partial charge in [-0.15, -0.1) is 0 Å². The highest BCUT2D eigenvalue weighted by atomic mass is 14.9. The number of aromatic nitrogens is 1. The maximum atomic E-state index is 4.24. The zero-order valence-corrected chi connectivity index (χ0v) is 7.94. The number of fused-ring (bicyclic) bond motifs is 1. The van der Waals surface area contributed by atoms with Crippen LogP contribution in [0.2, 0.25) is 0 Å². The molecule has 3 heteroatoms. The van der Waals surface area contributed by atoms with E-state index >= 15 is 0 Å². The summed E-state index contributed by atoms with van der Waals surface area (Å²) in [7, 11) is 1.73. The zero-order valence-electron chi connectivity index (χ0n) is 7.94. The number of aliphatic imine (C=N–C) groups is 1. The van der Waals surface area contributed by atoms with Crippen molar-refractivity contribution < 1.29 is 0 Å². The smallest absolute Gasteiger partial charge is 0.0864 e. The molecule has 1 heterocycles. The van der Waals surface area contributed by atoms with Gasteiger partial charge < -0.3 is 5.32 Å². The molecule has 70 valence electrons. The summed E-state index contributed by atoms with van der Waals surface area (Å²) in [6.45, 7) is 0. The topological polar surface area (TPSA) is 37.3 Å². The highest BCUT2D eigenvalue weighted by molar-refractivity contribution is 5.85. The molecule has 0 unspecified atom stereocenters. The largest absolute Gasteiger partial charge is 0.347 e. The molecule has 0 saturated heterocycles. The van der Waals surface area contributed by atoms with Gasteiger partial charge in [0.25, 0.3) is 0 Å². The van der Waals surface area contributed by atoms with E-state index in [0.29, 0.717) is 0 Å². The van der Waals surface area contributed by atoms with E-state index in [0.717, 1.165) is 16.6 Å². The summed E-state index contributed by atoms with van der Waals surface area (Å²) in [4.78, 5) is 8.10. The van der Waals surface area contributed by atoms with Crippen LogP contribution in [0, 0.1) is 0 Å². The SMILES string of the molecule is CN=CNc1ccc2ncccc2c1. The fraction of sp³-hybridized carbons (Fsp3) is 0.0909. The van der Waals surface area contributed by atoms with Gasteiger partial charge in [0.2, 0.25) is 0 Å². The minimum atomic E-state index is 1.01. The predicted molar refractivity (Wildman–Crippen MR) is 59.8 cm³/mol. The predicted octanol–water partition coefficient (Wildman–Crippen LogP) is 2.30. The van der Waals surface area contributed by atoms with E-state index in [9.17, 15) is 0 Å². The van der Waals surface area contributed by atoms with E-state index in [1.165, 1.54) is 0 Å². The minimum Gasteiger partial charge on any atom is -0.347 e. The monoisotopic (exact) mass is 185 g/mol. The van der Waals surface area contributed by atoms with E-state index in [2.05, 4.69) is 15.3 Å². The van der Waals surface area contributed by atoms with E-state index in [4.69, 9.17) is 0 Å². The molecule has 0 saturated carbocycles. The molecule has 0 fully saturated rings.